The Labute approximate surface area is 136 Å². The first-order valence-electron chi connectivity index (χ1n) is 7.67. The molecule has 8 heteroatoms. The number of amides is 2. The standard InChI is InChI=1S/C16H15FN4O3/c17-11-5-10(21-7-12(15(18)22)24-16(21)23)4-8-2-1-3-9-6-19-20-14(9)13(8)11/h4-6,12H,1-3,7H2,(H2,18,22)(H,19,20)/t12-/m1/s1. The summed E-state index contributed by atoms with van der Waals surface area (Å²) >= 11 is 0. The Balaban J connectivity index is 1.76. The number of aryl methyl sites for hydroxylation is 2. The van der Waals surface area contributed by atoms with Gasteiger partial charge in [-0.05, 0) is 42.5 Å². The highest BCUT2D eigenvalue weighted by molar-refractivity contribution is 5.95. The number of aromatic nitrogens is 2. The Bertz CT molecular complexity index is 848. The average molecular weight is 330 g/mol. The molecule has 2 amide bonds. The SMILES string of the molecule is NC(=O)[C@H]1CN(c2cc(F)c3c(c2)CCCc2cn[nH]c2-3)C(=O)O1. The van der Waals surface area contributed by atoms with Crippen LogP contribution in [0, 0.1) is 5.82 Å². The van der Waals surface area contributed by atoms with E-state index in [4.69, 9.17) is 10.5 Å². The molecule has 1 aromatic carbocycles. The van der Waals surface area contributed by atoms with Crippen molar-refractivity contribution in [1.82, 2.24) is 10.2 Å². The van der Waals surface area contributed by atoms with Crippen LogP contribution in [0.2, 0.25) is 0 Å². The summed E-state index contributed by atoms with van der Waals surface area (Å²) in [4.78, 5) is 24.4. The predicted octanol–water partition coefficient (Wildman–Crippen LogP) is 1.52. The fourth-order valence-electron chi connectivity index (χ4n) is 3.29. The number of halogens is 1. The summed E-state index contributed by atoms with van der Waals surface area (Å²) in [6.07, 6.45) is 2.35. The normalized spacial score (nSPS) is 19.5. The van der Waals surface area contributed by atoms with Crippen LogP contribution in [-0.2, 0) is 22.4 Å². The van der Waals surface area contributed by atoms with E-state index in [-0.39, 0.29) is 6.54 Å². The van der Waals surface area contributed by atoms with E-state index >= 15 is 0 Å². The first kappa shape index (κ1) is 14.7. The van der Waals surface area contributed by atoms with Crippen LogP contribution in [0.25, 0.3) is 11.3 Å². The molecule has 0 radical (unpaired) electrons. The third-order valence-corrected chi connectivity index (χ3v) is 4.46. The number of nitrogens with two attached hydrogens (primary N) is 1. The van der Waals surface area contributed by atoms with Gasteiger partial charge in [0.05, 0.1) is 24.1 Å². The number of benzene rings is 1. The highest BCUT2D eigenvalue weighted by Gasteiger charge is 2.36. The van der Waals surface area contributed by atoms with Crippen molar-refractivity contribution >= 4 is 17.7 Å². The van der Waals surface area contributed by atoms with Gasteiger partial charge in [-0.3, -0.25) is 14.8 Å². The van der Waals surface area contributed by atoms with Crippen LogP contribution >= 0.6 is 0 Å². The largest absolute Gasteiger partial charge is 0.434 e. The number of carbonyl (C=O) groups excluding carboxylic acids is 2. The lowest BCUT2D eigenvalue weighted by Gasteiger charge is -2.16. The number of ether oxygens (including phenoxy) is 1. The monoisotopic (exact) mass is 330 g/mol. The zero-order valence-electron chi connectivity index (χ0n) is 12.7. The van der Waals surface area contributed by atoms with Crippen LogP contribution in [0.3, 0.4) is 0 Å². The van der Waals surface area contributed by atoms with Gasteiger partial charge in [-0.25, -0.2) is 9.18 Å². The van der Waals surface area contributed by atoms with Crippen LogP contribution < -0.4 is 10.6 Å². The zero-order valence-corrected chi connectivity index (χ0v) is 12.7. The van der Waals surface area contributed by atoms with E-state index in [1.54, 1.807) is 12.3 Å². The summed E-state index contributed by atoms with van der Waals surface area (Å²) in [6, 6.07) is 3.04. The third-order valence-electron chi connectivity index (χ3n) is 4.46. The predicted molar refractivity (Wildman–Crippen MR) is 82.8 cm³/mol. The van der Waals surface area contributed by atoms with Crippen LogP contribution in [0.5, 0.6) is 0 Å². The van der Waals surface area contributed by atoms with Gasteiger partial charge >= 0.3 is 6.09 Å². The number of cyclic esters (lactones) is 1. The van der Waals surface area contributed by atoms with E-state index in [0.29, 0.717) is 23.4 Å². The van der Waals surface area contributed by atoms with E-state index in [2.05, 4.69) is 10.2 Å². The van der Waals surface area contributed by atoms with Crippen LogP contribution in [0.4, 0.5) is 14.9 Å². The quantitative estimate of drug-likeness (QED) is 0.871. The van der Waals surface area contributed by atoms with Gasteiger partial charge in [-0.15, -0.1) is 0 Å². The maximum absolute atomic E-state index is 14.8. The van der Waals surface area contributed by atoms with Crippen molar-refractivity contribution in [2.45, 2.75) is 25.4 Å². The molecule has 0 unspecified atom stereocenters. The van der Waals surface area contributed by atoms with E-state index < -0.39 is 23.9 Å². The Morgan fingerprint density at radius 1 is 1.38 bits per heavy atom. The Morgan fingerprint density at radius 3 is 2.92 bits per heavy atom. The molecule has 1 aromatic heterocycles. The van der Waals surface area contributed by atoms with Crippen molar-refractivity contribution in [2.24, 2.45) is 5.73 Å². The Morgan fingerprint density at radius 2 is 2.17 bits per heavy atom. The molecule has 1 aliphatic heterocycles. The first-order valence-corrected chi connectivity index (χ1v) is 7.67. The van der Waals surface area contributed by atoms with Crippen LogP contribution in [0.1, 0.15) is 17.5 Å². The molecule has 7 nitrogen and oxygen atoms in total. The maximum Gasteiger partial charge on any atom is 0.415 e. The number of nitrogens with one attached hydrogen (secondary N) is 1. The summed E-state index contributed by atoms with van der Waals surface area (Å²) in [7, 11) is 0. The molecule has 1 saturated heterocycles. The van der Waals surface area contributed by atoms with E-state index in [1.165, 1.54) is 11.0 Å². The van der Waals surface area contributed by atoms with Gasteiger partial charge in [0.1, 0.15) is 5.82 Å². The fraction of sp³-hybridized carbons (Fsp3) is 0.312. The second-order valence-corrected chi connectivity index (χ2v) is 5.97. The number of primary amides is 1. The molecule has 3 N–H and O–H groups in total. The van der Waals surface area contributed by atoms with Crippen molar-refractivity contribution in [2.75, 3.05) is 11.4 Å². The molecule has 1 aliphatic carbocycles. The van der Waals surface area contributed by atoms with Crippen LogP contribution in [-0.4, -0.2) is 34.8 Å². The van der Waals surface area contributed by atoms with Gasteiger partial charge in [0, 0.05) is 5.56 Å². The van der Waals surface area contributed by atoms with Crippen molar-refractivity contribution in [3.8, 4) is 11.3 Å². The van der Waals surface area contributed by atoms with Gasteiger partial charge in [0.25, 0.3) is 5.91 Å². The minimum atomic E-state index is -1.02. The van der Waals surface area contributed by atoms with Gasteiger partial charge in [0.2, 0.25) is 0 Å². The van der Waals surface area contributed by atoms with Crippen molar-refractivity contribution in [3.63, 3.8) is 0 Å². The molecule has 4 rings (SSSR count). The lowest BCUT2D eigenvalue weighted by Crippen LogP contribution is -2.32. The molecule has 2 aliphatic rings. The summed E-state index contributed by atoms with van der Waals surface area (Å²) in [5.74, 6) is -1.16. The van der Waals surface area contributed by atoms with Gasteiger partial charge in [-0.2, -0.15) is 5.10 Å². The zero-order chi connectivity index (χ0) is 16.8. The highest BCUT2D eigenvalue weighted by Crippen LogP contribution is 2.36. The summed E-state index contributed by atoms with van der Waals surface area (Å²) in [6.45, 7) is -0.0122. The van der Waals surface area contributed by atoms with Gasteiger partial charge < -0.3 is 10.5 Å². The van der Waals surface area contributed by atoms with Crippen LogP contribution in [0.15, 0.2) is 18.3 Å². The number of fused-ring (bicyclic) bond motifs is 3. The molecule has 0 spiro atoms. The molecule has 0 saturated carbocycles. The number of anilines is 1. The summed E-state index contributed by atoms with van der Waals surface area (Å²) in [5.41, 5.74) is 8.49. The molecule has 2 heterocycles. The molecule has 2 aromatic rings. The molecule has 1 atom stereocenters. The Hall–Kier alpha value is -2.90. The van der Waals surface area contributed by atoms with E-state index in [1.807, 2.05) is 0 Å². The third kappa shape index (κ3) is 2.22. The fourth-order valence-corrected chi connectivity index (χ4v) is 3.29. The molecular weight excluding hydrogens is 315 g/mol. The smallest absolute Gasteiger partial charge is 0.415 e. The minimum Gasteiger partial charge on any atom is -0.434 e. The number of hydrogen-bond acceptors (Lipinski definition) is 4. The number of carbonyl (C=O) groups is 2. The summed E-state index contributed by atoms with van der Waals surface area (Å²) in [5, 5.41) is 6.86. The Kier molecular flexibility index (Phi) is 3.26. The topological polar surface area (TPSA) is 101 Å². The number of hydrogen-bond donors (Lipinski definition) is 2. The first-order chi connectivity index (χ1) is 11.5. The molecule has 0 bridgehead atoms. The van der Waals surface area contributed by atoms with Gasteiger partial charge in [-0.1, -0.05) is 0 Å². The van der Waals surface area contributed by atoms with Gasteiger partial charge in [0.15, 0.2) is 6.10 Å². The highest BCUT2D eigenvalue weighted by atomic mass is 19.1. The number of aromatic amines is 1. The number of nitrogens with zero attached hydrogens (tertiary/aromatic N) is 2. The molecule has 1 fully saturated rings. The second kappa shape index (κ2) is 5.33. The van der Waals surface area contributed by atoms with E-state index in [0.717, 1.165) is 24.0 Å². The number of H-pyrrole nitrogens is 1. The molecule has 124 valence electrons. The van der Waals surface area contributed by atoms with Crippen molar-refractivity contribution in [1.29, 1.82) is 0 Å². The van der Waals surface area contributed by atoms with Crippen molar-refractivity contribution in [3.05, 3.63) is 35.3 Å². The van der Waals surface area contributed by atoms with E-state index in [9.17, 15) is 14.0 Å². The molecule has 24 heavy (non-hydrogen) atoms. The second-order valence-electron chi connectivity index (χ2n) is 5.97. The average Bonchev–Trinajstić information content (AvgIpc) is 3.10. The minimum absolute atomic E-state index is 0.0122. The number of rotatable bonds is 2. The molecular formula is C16H15FN4O3. The lowest BCUT2D eigenvalue weighted by atomic mass is 10.0. The summed E-state index contributed by atoms with van der Waals surface area (Å²) < 4.78 is 19.7. The maximum atomic E-state index is 14.8. The van der Waals surface area contributed by atoms with Crippen molar-refractivity contribution < 1.29 is 18.7 Å². The lowest BCUT2D eigenvalue weighted by molar-refractivity contribution is -0.124.